The number of aromatic amines is 1. The Balaban J connectivity index is 1.74. The van der Waals surface area contributed by atoms with Crippen molar-refractivity contribution in [3.05, 3.63) is 18.0 Å². The van der Waals surface area contributed by atoms with Crippen LogP contribution in [0.1, 0.15) is 5.69 Å². The third-order valence-corrected chi connectivity index (χ3v) is 2.80. The molecule has 15 heavy (non-hydrogen) atoms. The Hall–Kier alpha value is -1.33. The minimum absolute atomic E-state index is 0.0669. The van der Waals surface area contributed by atoms with Crippen molar-refractivity contribution in [2.75, 3.05) is 31.6 Å². The van der Waals surface area contributed by atoms with Crippen LogP contribution in [0.15, 0.2) is 17.3 Å². The molecule has 3 heterocycles. The first-order chi connectivity index (χ1) is 7.43. The summed E-state index contributed by atoms with van der Waals surface area (Å²) < 4.78 is 5.32. The Morgan fingerprint density at radius 1 is 1.40 bits per heavy atom. The van der Waals surface area contributed by atoms with Gasteiger partial charge in [0.15, 0.2) is 6.29 Å². The van der Waals surface area contributed by atoms with E-state index in [4.69, 9.17) is 4.74 Å². The molecule has 1 aromatic heterocycles. The SMILES string of the molecule is C1=NC(N2CCOCC2)Nc2cc[nH]c21. The van der Waals surface area contributed by atoms with Crippen LogP contribution in [-0.2, 0) is 4.74 Å². The molecule has 5 nitrogen and oxygen atoms in total. The standard InChI is InChI=1S/C10H14N4O/c1-2-11-9-7-12-10(13-8(1)9)14-3-5-15-6-4-14/h1-2,7,10-11,13H,3-6H2. The van der Waals surface area contributed by atoms with Crippen molar-refractivity contribution in [3.63, 3.8) is 0 Å². The van der Waals surface area contributed by atoms with Crippen LogP contribution < -0.4 is 5.32 Å². The van der Waals surface area contributed by atoms with Crippen LogP contribution >= 0.6 is 0 Å². The number of aromatic nitrogens is 1. The van der Waals surface area contributed by atoms with E-state index in [0.29, 0.717) is 0 Å². The van der Waals surface area contributed by atoms with Crippen molar-refractivity contribution < 1.29 is 4.74 Å². The van der Waals surface area contributed by atoms with Crippen LogP contribution in [0.2, 0.25) is 0 Å². The molecule has 0 bridgehead atoms. The van der Waals surface area contributed by atoms with E-state index in [1.165, 1.54) is 0 Å². The number of nitrogens with zero attached hydrogens (tertiary/aromatic N) is 2. The molecule has 0 aliphatic carbocycles. The number of H-pyrrole nitrogens is 1. The number of nitrogens with one attached hydrogen (secondary N) is 2. The summed E-state index contributed by atoms with van der Waals surface area (Å²) in [6.45, 7) is 3.48. The van der Waals surface area contributed by atoms with Crippen molar-refractivity contribution in [1.82, 2.24) is 9.88 Å². The molecule has 1 fully saturated rings. The van der Waals surface area contributed by atoms with Gasteiger partial charge in [0.25, 0.3) is 0 Å². The van der Waals surface area contributed by atoms with Crippen molar-refractivity contribution in [2.24, 2.45) is 4.99 Å². The Morgan fingerprint density at radius 3 is 3.13 bits per heavy atom. The highest BCUT2D eigenvalue weighted by atomic mass is 16.5. The quantitative estimate of drug-likeness (QED) is 0.702. The summed E-state index contributed by atoms with van der Waals surface area (Å²) in [5.74, 6) is 0. The number of hydrogen-bond donors (Lipinski definition) is 2. The van der Waals surface area contributed by atoms with Gasteiger partial charge in [-0.2, -0.15) is 0 Å². The van der Waals surface area contributed by atoms with Gasteiger partial charge in [0.05, 0.1) is 30.8 Å². The minimum Gasteiger partial charge on any atom is -0.379 e. The first kappa shape index (κ1) is 8.94. The average Bonchev–Trinajstić information content (AvgIpc) is 2.77. The molecule has 1 aromatic rings. The maximum atomic E-state index is 5.32. The topological polar surface area (TPSA) is 52.6 Å². The van der Waals surface area contributed by atoms with Crippen LogP contribution in [0.25, 0.3) is 0 Å². The van der Waals surface area contributed by atoms with Gasteiger partial charge in [-0.15, -0.1) is 0 Å². The summed E-state index contributed by atoms with van der Waals surface area (Å²) >= 11 is 0. The van der Waals surface area contributed by atoms with Gasteiger partial charge in [0, 0.05) is 19.3 Å². The number of aliphatic imine (C=N–C) groups is 1. The van der Waals surface area contributed by atoms with Crippen molar-refractivity contribution in [1.29, 1.82) is 0 Å². The number of ether oxygens (including phenoxy) is 1. The average molecular weight is 206 g/mol. The lowest BCUT2D eigenvalue weighted by Crippen LogP contribution is -2.47. The third kappa shape index (κ3) is 1.64. The maximum absolute atomic E-state index is 5.32. The van der Waals surface area contributed by atoms with Gasteiger partial charge in [-0.05, 0) is 6.07 Å². The lowest BCUT2D eigenvalue weighted by molar-refractivity contribution is 0.0236. The first-order valence-electron chi connectivity index (χ1n) is 5.22. The van der Waals surface area contributed by atoms with Crippen LogP contribution in [0, 0.1) is 0 Å². The molecule has 1 unspecified atom stereocenters. The van der Waals surface area contributed by atoms with Gasteiger partial charge in [-0.25, -0.2) is 0 Å². The molecule has 2 aliphatic rings. The predicted octanol–water partition coefficient (Wildman–Crippen LogP) is 0.475. The van der Waals surface area contributed by atoms with E-state index in [1.54, 1.807) is 0 Å². The van der Waals surface area contributed by atoms with Crippen molar-refractivity contribution >= 4 is 11.9 Å². The molecule has 2 aliphatic heterocycles. The summed E-state index contributed by atoms with van der Waals surface area (Å²) in [6.07, 6.45) is 3.88. The molecule has 80 valence electrons. The fraction of sp³-hybridized carbons (Fsp3) is 0.500. The number of fused-ring (bicyclic) bond motifs is 1. The van der Waals surface area contributed by atoms with E-state index >= 15 is 0 Å². The maximum Gasteiger partial charge on any atom is 0.176 e. The summed E-state index contributed by atoms with van der Waals surface area (Å²) in [7, 11) is 0. The number of rotatable bonds is 1. The molecule has 1 atom stereocenters. The normalized spacial score (nSPS) is 26.0. The largest absolute Gasteiger partial charge is 0.379 e. The molecule has 0 saturated carbocycles. The molecule has 0 aromatic carbocycles. The zero-order chi connectivity index (χ0) is 10.1. The lowest BCUT2D eigenvalue weighted by atomic mass is 10.3. The lowest BCUT2D eigenvalue weighted by Gasteiger charge is -2.33. The van der Waals surface area contributed by atoms with Gasteiger partial charge in [0.1, 0.15) is 0 Å². The highest BCUT2D eigenvalue weighted by Gasteiger charge is 2.22. The van der Waals surface area contributed by atoms with E-state index in [-0.39, 0.29) is 6.29 Å². The van der Waals surface area contributed by atoms with Crippen LogP contribution in [0.5, 0.6) is 0 Å². The number of anilines is 1. The Morgan fingerprint density at radius 2 is 2.27 bits per heavy atom. The fourth-order valence-corrected chi connectivity index (χ4v) is 1.94. The Labute approximate surface area is 88.1 Å². The number of morpholine rings is 1. The van der Waals surface area contributed by atoms with E-state index < -0.39 is 0 Å². The third-order valence-electron chi connectivity index (χ3n) is 2.80. The molecule has 1 saturated heterocycles. The number of hydrogen-bond acceptors (Lipinski definition) is 4. The molecule has 0 radical (unpaired) electrons. The fourth-order valence-electron chi connectivity index (χ4n) is 1.94. The second-order valence-electron chi connectivity index (χ2n) is 3.75. The molecule has 2 N–H and O–H groups in total. The van der Waals surface area contributed by atoms with Gasteiger partial charge >= 0.3 is 0 Å². The predicted molar refractivity (Wildman–Crippen MR) is 58.2 cm³/mol. The van der Waals surface area contributed by atoms with Crippen LogP contribution in [-0.4, -0.2) is 48.7 Å². The Kier molecular flexibility index (Phi) is 2.19. The zero-order valence-corrected chi connectivity index (χ0v) is 8.44. The van der Waals surface area contributed by atoms with Crippen LogP contribution in [0.4, 0.5) is 5.69 Å². The smallest absolute Gasteiger partial charge is 0.176 e. The Bertz CT molecular complexity index is 367. The van der Waals surface area contributed by atoms with E-state index in [2.05, 4.69) is 20.2 Å². The second kappa shape index (κ2) is 3.67. The zero-order valence-electron chi connectivity index (χ0n) is 8.44. The minimum atomic E-state index is 0.0669. The van der Waals surface area contributed by atoms with Crippen LogP contribution in [0.3, 0.4) is 0 Å². The molecular formula is C10H14N4O. The van der Waals surface area contributed by atoms with Crippen molar-refractivity contribution in [3.8, 4) is 0 Å². The second-order valence-corrected chi connectivity index (χ2v) is 3.75. The molecule has 5 heteroatoms. The summed E-state index contributed by atoms with van der Waals surface area (Å²) in [4.78, 5) is 9.88. The molecule has 0 amide bonds. The van der Waals surface area contributed by atoms with Gasteiger partial charge in [-0.3, -0.25) is 9.89 Å². The van der Waals surface area contributed by atoms with Gasteiger partial charge in [-0.1, -0.05) is 0 Å². The summed E-state index contributed by atoms with van der Waals surface area (Å²) in [5, 5.41) is 3.39. The van der Waals surface area contributed by atoms with Gasteiger partial charge < -0.3 is 15.0 Å². The monoisotopic (exact) mass is 206 g/mol. The van der Waals surface area contributed by atoms with E-state index in [0.717, 1.165) is 37.7 Å². The van der Waals surface area contributed by atoms with E-state index in [9.17, 15) is 0 Å². The highest BCUT2D eigenvalue weighted by Crippen LogP contribution is 2.19. The molecule has 0 spiro atoms. The summed E-state index contributed by atoms with van der Waals surface area (Å²) in [6, 6.07) is 2.04. The first-order valence-corrected chi connectivity index (χ1v) is 5.22. The molecular weight excluding hydrogens is 192 g/mol. The summed E-state index contributed by atoms with van der Waals surface area (Å²) in [5.41, 5.74) is 2.18. The highest BCUT2D eigenvalue weighted by molar-refractivity contribution is 5.87. The molecule has 3 rings (SSSR count). The van der Waals surface area contributed by atoms with E-state index in [1.807, 2.05) is 18.5 Å². The van der Waals surface area contributed by atoms with Gasteiger partial charge in [0.2, 0.25) is 0 Å². The van der Waals surface area contributed by atoms with Crippen molar-refractivity contribution in [2.45, 2.75) is 6.29 Å².